The third kappa shape index (κ3) is 5.65. The Labute approximate surface area is 200 Å². The molecule has 1 aromatic carbocycles. The SMILES string of the molecule is C=C(/C(F)=C(\C=C(/C)C(O)(CN)C1(F)CC1)C(C)(C)O)c1cc2cccc(F)c2[nH]1.CCCC. The fourth-order valence-corrected chi connectivity index (χ4v) is 3.63. The van der Waals surface area contributed by atoms with Gasteiger partial charge in [0.2, 0.25) is 0 Å². The van der Waals surface area contributed by atoms with Crippen molar-refractivity contribution in [3.05, 3.63) is 65.4 Å². The molecule has 1 aliphatic rings. The summed E-state index contributed by atoms with van der Waals surface area (Å²) in [6.45, 7) is 11.9. The monoisotopic (exact) mass is 478 g/mol. The lowest BCUT2D eigenvalue weighted by Gasteiger charge is -2.33. The number of hydrogen-bond donors (Lipinski definition) is 4. The number of aromatic nitrogens is 1. The van der Waals surface area contributed by atoms with Crippen molar-refractivity contribution in [2.75, 3.05) is 6.54 Å². The highest BCUT2D eigenvalue weighted by Gasteiger charge is 2.60. The second kappa shape index (κ2) is 10.5. The molecule has 1 unspecified atom stereocenters. The highest BCUT2D eigenvalue weighted by atomic mass is 19.1. The second-order valence-corrected chi connectivity index (χ2v) is 9.51. The van der Waals surface area contributed by atoms with Gasteiger partial charge in [-0.1, -0.05) is 51.5 Å². The Morgan fingerprint density at radius 1 is 1.24 bits per heavy atom. The van der Waals surface area contributed by atoms with Crippen LogP contribution >= 0.6 is 0 Å². The lowest BCUT2D eigenvalue weighted by Crippen LogP contribution is -2.49. The van der Waals surface area contributed by atoms with Crippen molar-refractivity contribution in [3.8, 4) is 0 Å². The van der Waals surface area contributed by atoms with Gasteiger partial charge in [-0.15, -0.1) is 0 Å². The molecule has 0 saturated heterocycles. The maximum atomic E-state index is 15.5. The van der Waals surface area contributed by atoms with Crippen LogP contribution in [0.25, 0.3) is 16.5 Å². The van der Waals surface area contributed by atoms with Gasteiger partial charge in [0.1, 0.15) is 22.9 Å². The number of aliphatic hydroxyl groups is 2. The zero-order valence-electron chi connectivity index (χ0n) is 20.7. The minimum atomic E-state index is -1.96. The molecular formula is C27H37F3N2O2. The molecule has 5 N–H and O–H groups in total. The Bertz CT molecular complexity index is 1090. The molecule has 1 heterocycles. The number of aromatic amines is 1. The molecule has 0 bridgehead atoms. The minimum absolute atomic E-state index is 0.104. The van der Waals surface area contributed by atoms with Gasteiger partial charge in [-0.25, -0.2) is 13.2 Å². The van der Waals surface area contributed by atoms with Gasteiger partial charge >= 0.3 is 0 Å². The first-order chi connectivity index (χ1) is 15.8. The molecule has 188 valence electrons. The van der Waals surface area contributed by atoms with Gasteiger partial charge in [0, 0.05) is 28.8 Å². The molecule has 0 spiro atoms. The number of fused-ring (bicyclic) bond motifs is 1. The van der Waals surface area contributed by atoms with Crippen LogP contribution in [-0.2, 0) is 0 Å². The summed E-state index contributed by atoms with van der Waals surface area (Å²) in [5, 5.41) is 21.9. The van der Waals surface area contributed by atoms with Crippen molar-refractivity contribution in [2.24, 2.45) is 5.73 Å². The van der Waals surface area contributed by atoms with Crippen LogP contribution < -0.4 is 5.73 Å². The first-order valence-electron chi connectivity index (χ1n) is 11.6. The van der Waals surface area contributed by atoms with Crippen molar-refractivity contribution in [3.63, 3.8) is 0 Å². The average molecular weight is 479 g/mol. The van der Waals surface area contributed by atoms with Crippen LogP contribution in [0.4, 0.5) is 13.2 Å². The van der Waals surface area contributed by atoms with E-state index in [1.165, 1.54) is 51.8 Å². The maximum Gasteiger partial charge on any atom is 0.147 e. The van der Waals surface area contributed by atoms with Crippen LogP contribution in [0.2, 0.25) is 0 Å². The average Bonchev–Trinajstić information content (AvgIpc) is 3.39. The van der Waals surface area contributed by atoms with E-state index in [0.717, 1.165) is 0 Å². The van der Waals surface area contributed by atoms with E-state index in [1.54, 1.807) is 12.1 Å². The number of para-hydroxylation sites is 1. The molecule has 34 heavy (non-hydrogen) atoms. The molecule has 4 nitrogen and oxygen atoms in total. The normalized spacial score (nSPS) is 18.0. The van der Waals surface area contributed by atoms with Crippen molar-refractivity contribution in [1.29, 1.82) is 0 Å². The molecule has 1 fully saturated rings. The number of nitrogens with two attached hydrogens (primary N) is 1. The number of alkyl halides is 1. The van der Waals surface area contributed by atoms with Crippen LogP contribution in [0, 0.1) is 5.82 Å². The molecule has 0 radical (unpaired) electrons. The number of benzene rings is 1. The minimum Gasteiger partial charge on any atom is -0.386 e. The molecule has 3 rings (SSSR count). The Morgan fingerprint density at radius 2 is 1.82 bits per heavy atom. The number of allylic oxidation sites excluding steroid dienone is 2. The van der Waals surface area contributed by atoms with Crippen LogP contribution in [0.1, 0.15) is 66.0 Å². The second-order valence-electron chi connectivity index (χ2n) is 9.51. The first-order valence-corrected chi connectivity index (χ1v) is 11.6. The number of unbranched alkanes of at least 4 members (excludes halogenated alkanes) is 1. The van der Waals surface area contributed by atoms with Gasteiger partial charge in [0.05, 0.1) is 11.1 Å². The van der Waals surface area contributed by atoms with Crippen LogP contribution in [0.15, 0.2) is 53.9 Å². The van der Waals surface area contributed by atoms with Gasteiger partial charge in [-0.2, -0.15) is 0 Å². The van der Waals surface area contributed by atoms with Gasteiger partial charge in [-0.05, 0) is 51.3 Å². The molecule has 7 heteroatoms. The summed E-state index contributed by atoms with van der Waals surface area (Å²) in [7, 11) is 0. The highest BCUT2D eigenvalue weighted by Crippen LogP contribution is 2.51. The molecule has 2 aromatic rings. The topological polar surface area (TPSA) is 82.3 Å². The third-order valence-corrected chi connectivity index (χ3v) is 6.33. The predicted octanol–water partition coefficient (Wildman–Crippen LogP) is 6.26. The lowest BCUT2D eigenvalue weighted by atomic mass is 9.83. The Hall–Kier alpha value is -2.35. The largest absolute Gasteiger partial charge is 0.386 e. The van der Waals surface area contributed by atoms with E-state index in [1.807, 2.05) is 0 Å². The van der Waals surface area contributed by atoms with Crippen molar-refractivity contribution < 1.29 is 23.4 Å². The lowest BCUT2D eigenvalue weighted by molar-refractivity contribution is -0.0115. The summed E-state index contributed by atoms with van der Waals surface area (Å²) >= 11 is 0. The fraction of sp³-hybridized carbons (Fsp3) is 0.481. The summed E-state index contributed by atoms with van der Waals surface area (Å²) in [5.41, 5.74) is 0.390. The Kier molecular flexibility index (Phi) is 8.62. The first kappa shape index (κ1) is 27.9. The van der Waals surface area contributed by atoms with E-state index in [2.05, 4.69) is 25.4 Å². The quantitative estimate of drug-likeness (QED) is 0.338. The third-order valence-electron chi connectivity index (χ3n) is 6.33. The predicted molar refractivity (Wildman–Crippen MR) is 133 cm³/mol. The van der Waals surface area contributed by atoms with Crippen molar-refractivity contribution in [1.82, 2.24) is 4.98 Å². The molecule has 0 aliphatic heterocycles. The van der Waals surface area contributed by atoms with Crippen LogP contribution in [0.5, 0.6) is 0 Å². The standard InChI is InChI=1S/C23H27F3N2O2.C4H10/c1-13(23(30,12-27)22(26)8-9-22)10-16(21(3,4)29)19(25)14(2)18-11-15-6-5-7-17(24)20(15)28-18;1-3-4-2/h5-7,10-11,28-30H,2,8-9,12,27H2,1,3-4H3;3-4H2,1-2H3/b13-10+,19-16-;. The van der Waals surface area contributed by atoms with Crippen LogP contribution in [-0.4, -0.2) is 38.6 Å². The van der Waals surface area contributed by atoms with Gasteiger partial charge in [0.15, 0.2) is 0 Å². The fourth-order valence-electron chi connectivity index (χ4n) is 3.63. The Morgan fingerprint density at radius 3 is 2.26 bits per heavy atom. The van der Waals surface area contributed by atoms with E-state index in [-0.39, 0.29) is 47.3 Å². The number of H-pyrrole nitrogens is 1. The molecule has 1 saturated carbocycles. The smallest absolute Gasteiger partial charge is 0.147 e. The summed E-state index contributed by atoms with van der Waals surface area (Å²) in [6.07, 6.45) is 4.17. The molecule has 0 amide bonds. The zero-order chi connectivity index (χ0) is 25.9. The molecule has 1 atom stereocenters. The summed E-state index contributed by atoms with van der Waals surface area (Å²) in [5.74, 6) is -1.35. The van der Waals surface area contributed by atoms with Crippen molar-refractivity contribution >= 4 is 16.5 Å². The number of rotatable bonds is 8. The van der Waals surface area contributed by atoms with Gasteiger partial charge in [-0.3, -0.25) is 0 Å². The highest BCUT2D eigenvalue weighted by molar-refractivity contribution is 5.87. The molecule has 1 aliphatic carbocycles. The molecular weight excluding hydrogens is 441 g/mol. The van der Waals surface area contributed by atoms with Crippen LogP contribution in [0.3, 0.4) is 0 Å². The zero-order valence-corrected chi connectivity index (χ0v) is 20.7. The van der Waals surface area contributed by atoms with E-state index in [4.69, 9.17) is 5.73 Å². The number of hydrogen-bond acceptors (Lipinski definition) is 3. The maximum absolute atomic E-state index is 15.5. The van der Waals surface area contributed by atoms with E-state index in [9.17, 15) is 19.0 Å². The molecule has 1 aromatic heterocycles. The number of halogens is 3. The summed E-state index contributed by atoms with van der Waals surface area (Å²) < 4.78 is 44.2. The van der Waals surface area contributed by atoms with E-state index in [0.29, 0.717) is 5.39 Å². The Balaban J connectivity index is 0.000000945. The van der Waals surface area contributed by atoms with Gasteiger partial charge < -0.3 is 20.9 Å². The van der Waals surface area contributed by atoms with E-state index >= 15 is 4.39 Å². The van der Waals surface area contributed by atoms with Crippen molar-refractivity contribution in [2.45, 2.75) is 77.2 Å². The summed E-state index contributed by atoms with van der Waals surface area (Å²) in [4.78, 5) is 2.80. The van der Waals surface area contributed by atoms with Gasteiger partial charge in [0.25, 0.3) is 0 Å². The number of nitrogens with one attached hydrogen (secondary N) is 1. The van der Waals surface area contributed by atoms with E-state index < -0.39 is 28.5 Å². The summed E-state index contributed by atoms with van der Waals surface area (Å²) in [6, 6.07) is 6.04.